The highest BCUT2D eigenvalue weighted by atomic mass is 32.2. The van der Waals surface area contributed by atoms with Crippen LogP contribution in [-0.4, -0.2) is 6.26 Å². The molecule has 0 bridgehead atoms. The summed E-state index contributed by atoms with van der Waals surface area (Å²) in [7, 11) is 0. The zero-order valence-corrected chi connectivity index (χ0v) is 25.3. The molecule has 0 aromatic rings. The molecule has 0 nitrogen and oxygen atoms in total. The predicted molar refractivity (Wildman–Crippen MR) is 168 cm³/mol. The van der Waals surface area contributed by atoms with Gasteiger partial charge in [0.1, 0.15) is 0 Å². The lowest BCUT2D eigenvalue weighted by Gasteiger charge is -2.43. The molecule has 0 aromatic carbocycles. The summed E-state index contributed by atoms with van der Waals surface area (Å²) in [6, 6.07) is 0. The van der Waals surface area contributed by atoms with E-state index in [0.717, 1.165) is 6.42 Å². The fourth-order valence-electron chi connectivity index (χ4n) is 7.92. The topological polar surface area (TPSA) is 0 Å². The van der Waals surface area contributed by atoms with Crippen molar-refractivity contribution in [3.8, 4) is 0 Å². The lowest BCUT2D eigenvalue weighted by molar-refractivity contribution is 0.217. The molecule has 0 heterocycles. The SMILES string of the molecule is CC=CC1=C(C2=C(SC)CCC2)CC(C(C)(/C=C\C)C2/C=C/C(C3=C=CC3)(C3C=CC3)CCC/C(C)=C/2)C1. The summed E-state index contributed by atoms with van der Waals surface area (Å²) in [6.45, 7) is 9.36. The van der Waals surface area contributed by atoms with E-state index in [1.54, 1.807) is 32.8 Å². The Morgan fingerprint density at radius 1 is 1.05 bits per heavy atom. The first-order chi connectivity index (χ1) is 18.4. The van der Waals surface area contributed by atoms with Gasteiger partial charge in [0.05, 0.1) is 0 Å². The van der Waals surface area contributed by atoms with E-state index in [9.17, 15) is 0 Å². The van der Waals surface area contributed by atoms with Crippen LogP contribution in [0.25, 0.3) is 0 Å². The van der Waals surface area contributed by atoms with Crippen molar-refractivity contribution in [2.75, 3.05) is 6.26 Å². The molecular formula is C37H48S. The van der Waals surface area contributed by atoms with E-state index in [4.69, 9.17) is 0 Å². The van der Waals surface area contributed by atoms with Gasteiger partial charge in [-0.2, -0.15) is 0 Å². The first kappa shape index (κ1) is 27.6. The van der Waals surface area contributed by atoms with Crippen LogP contribution in [0, 0.1) is 28.6 Å². The smallest absolute Gasteiger partial charge is 0.0236 e. The van der Waals surface area contributed by atoms with E-state index in [-0.39, 0.29) is 10.8 Å². The molecule has 0 radical (unpaired) electrons. The summed E-state index contributed by atoms with van der Waals surface area (Å²) >= 11 is 1.99. The monoisotopic (exact) mass is 524 g/mol. The molecule has 0 aromatic heterocycles. The molecule has 5 rings (SSSR count). The molecule has 5 atom stereocenters. The van der Waals surface area contributed by atoms with Gasteiger partial charge in [0.15, 0.2) is 0 Å². The van der Waals surface area contributed by atoms with E-state index in [0.29, 0.717) is 17.8 Å². The molecule has 202 valence electrons. The fourth-order valence-corrected chi connectivity index (χ4v) is 8.74. The second kappa shape index (κ2) is 11.7. The van der Waals surface area contributed by atoms with Gasteiger partial charge in [0, 0.05) is 17.8 Å². The van der Waals surface area contributed by atoms with Crippen molar-refractivity contribution in [2.45, 2.75) is 91.9 Å². The van der Waals surface area contributed by atoms with Crippen molar-refractivity contribution in [3.05, 3.63) is 99.3 Å². The molecule has 0 saturated heterocycles. The van der Waals surface area contributed by atoms with Gasteiger partial charge in [-0.1, -0.05) is 67.2 Å². The molecule has 1 heteroatoms. The van der Waals surface area contributed by atoms with Gasteiger partial charge >= 0.3 is 0 Å². The molecule has 0 N–H and O–H groups in total. The van der Waals surface area contributed by atoms with Crippen LogP contribution < -0.4 is 0 Å². The lowest BCUT2D eigenvalue weighted by atomic mass is 9.60. The first-order valence-corrected chi connectivity index (χ1v) is 16.4. The second-order valence-electron chi connectivity index (χ2n) is 12.5. The van der Waals surface area contributed by atoms with E-state index in [1.165, 1.54) is 57.8 Å². The molecular weight excluding hydrogens is 476 g/mol. The summed E-state index contributed by atoms with van der Waals surface area (Å²) < 4.78 is 0. The van der Waals surface area contributed by atoms with Gasteiger partial charge in [-0.3, -0.25) is 0 Å². The summed E-state index contributed by atoms with van der Waals surface area (Å²) in [4.78, 5) is 1.65. The van der Waals surface area contributed by atoms with Crippen LogP contribution in [0.2, 0.25) is 0 Å². The highest BCUT2D eigenvalue weighted by molar-refractivity contribution is 8.02. The maximum atomic E-state index is 3.64. The number of allylic oxidation sites excluding steroid dienone is 15. The van der Waals surface area contributed by atoms with Crippen LogP contribution in [0.5, 0.6) is 0 Å². The zero-order valence-electron chi connectivity index (χ0n) is 24.5. The quantitative estimate of drug-likeness (QED) is 0.225. The van der Waals surface area contributed by atoms with Crippen molar-refractivity contribution in [2.24, 2.45) is 28.6 Å². The lowest BCUT2D eigenvalue weighted by Crippen LogP contribution is -2.35. The highest BCUT2D eigenvalue weighted by Crippen LogP contribution is 2.55. The summed E-state index contributed by atoms with van der Waals surface area (Å²) in [5, 5.41) is 0. The molecule has 5 aliphatic rings. The van der Waals surface area contributed by atoms with E-state index >= 15 is 0 Å². The maximum absolute atomic E-state index is 3.64. The molecule has 0 spiro atoms. The van der Waals surface area contributed by atoms with Crippen LogP contribution >= 0.6 is 11.8 Å². The van der Waals surface area contributed by atoms with Crippen LogP contribution in [-0.2, 0) is 0 Å². The van der Waals surface area contributed by atoms with Crippen molar-refractivity contribution in [1.82, 2.24) is 0 Å². The third-order valence-electron chi connectivity index (χ3n) is 10.4. The Morgan fingerprint density at radius 3 is 2.50 bits per heavy atom. The summed E-state index contributed by atoms with van der Waals surface area (Å²) in [5.74, 6) is 1.65. The highest BCUT2D eigenvalue weighted by Gasteiger charge is 2.44. The fraction of sp³-hybridized carbons (Fsp3) is 0.541. The molecule has 5 unspecified atom stereocenters. The van der Waals surface area contributed by atoms with E-state index in [1.807, 2.05) is 11.8 Å². The third kappa shape index (κ3) is 5.02. The van der Waals surface area contributed by atoms with E-state index in [2.05, 4.69) is 100 Å². The Balaban J connectivity index is 1.53. The molecule has 0 aliphatic heterocycles. The second-order valence-corrected chi connectivity index (χ2v) is 13.4. The van der Waals surface area contributed by atoms with Gasteiger partial charge in [0.25, 0.3) is 0 Å². The van der Waals surface area contributed by atoms with Crippen molar-refractivity contribution >= 4 is 11.8 Å². The van der Waals surface area contributed by atoms with E-state index < -0.39 is 0 Å². The number of rotatable bonds is 8. The Morgan fingerprint density at radius 2 is 1.87 bits per heavy atom. The number of hydrogen-bond donors (Lipinski definition) is 0. The maximum Gasteiger partial charge on any atom is 0.0236 e. The van der Waals surface area contributed by atoms with Crippen molar-refractivity contribution in [1.29, 1.82) is 0 Å². The molecule has 38 heavy (non-hydrogen) atoms. The zero-order chi connectivity index (χ0) is 26.8. The average Bonchev–Trinajstić information content (AvgIpc) is 3.47. The minimum atomic E-state index is 0.0785. The number of hydrogen-bond acceptors (Lipinski definition) is 1. The molecule has 5 aliphatic carbocycles. The molecule has 0 amide bonds. The first-order valence-electron chi connectivity index (χ1n) is 15.2. The van der Waals surface area contributed by atoms with Gasteiger partial charge in [-0.05, 0) is 135 Å². The molecule has 0 saturated carbocycles. The standard InChI is InChI=1S/C37H48S/c1-6-12-28-25-32(26-34(28)33-18-10-19-35(33)38-5)36(4,21-7-2)31-20-23-37(29-14-8-15-29,30-16-9-17-30)22-11-13-27(3)24-31/h6-9,12,14,20-21,23-24,29,31-32H,10-11,13,15-16,18-19,22,25-26H2,1-5H3/b12-6?,21-7-,23-20+,27-24+. The average molecular weight is 525 g/mol. The Bertz CT molecular complexity index is 1200. The minimum absolute atomic E-state index is 0.0785. The van der Waals surface area contributed by atoms with Crippen molar-refractivity contribution < 1.29 is 0 Å². The van der Waals surface area contributed by atoms with Gasteiger partial charge in [-0.15, -0.1) is 17.5 Å². The third-order valence-corrected chi connectivity index (χ3v) is 11.3. The minimum Gasteiger partial charge on any atom is -0.134 e. The van der Waals surface area contributed by atoms with Crippen molar-refractivity contribution in [3.63, 3.8) is 0 Å². The Labute approximate surface area is 237 Å². The summed E-state index contributed by atoms with van der Waals surface area (Å²) in [6.07, 6.45) is 39.2. The summed E-state index contributed by atoms with van der Waals surface area (Å²) in [5.41, 5.74) is 12.0. The van der Waals surface area contributed by atoms with Gasteiger partial charge in [0.2, 0.25) is 0 Å². The number of thioether (sulfide) groups is 1. The Kier molecular flexibility index (Phi) is 8.47. The van der Waals surface area contributed by atoms with Crippen LogP contribution in [0.1, 0.15) is 91.9 Å². The molecule has 0 fully saturated rings. The van der Waals surface area contributed by atoms with Crippen LogP contribution in [0.4, 0.5) is 0 Å². The van der Waals surface area contributed by atoms with Crippen LogP contribution in [0.15, 0.2) is 99.3 Å². The van der Waals surface area contributed by atoms with Crippen LogP contribution in [0.3, 0.4) is 0 Å². The van der Waals surface area contributed by atoms with Gasteiger partial charge < -0.3 is 0 Å². The normalized spacial score (nSPS) is 35.4. The largest absolute Gasteiger partial charge is 0.134 e. The Hall–Kier alpha value is -1.95. The predicted octanol–water partition coefficient (Wildman–Crippen LogP) is 11.0. The van der Waals surface area contributed by atoms with Gasteiger partial charge in [-0.25, -0.2) is 0 Å².